The molecule has 1 atom stereocenters. The van der Waals surface area contributed by atoms with E-state index in [9.17, 15) is 4.79 Å². The predicted octanol–water partition coefficient (Wildman–Crippen LogP) is 0.862. The largest absolute Gasteiger partial charge is 0.352 e. The molecule has 2 fully saturated rings. The number of piperidine rings is 1. The Balaban J connectivity index is 1.38. The molecule has 0 radical (unpaired) electrons. The number of amides is 1. The average Bonchev–Trinajstić information content (AvgIpc) is 3.15. The van der Waals surface area contributed by atoms with E-state index in [4.69, 9.17) is 0 Å². The summed E-state index contributed by atoms with van der Waals surface area (Å²) in [6, 6.07) is 0. The standard InChI is InChI=1S/C17H29N5O/c1-17(5-6-18-12-17)13-22-7-3-14(4-8-22)9-19-16(23)15-10-20-21(2)11-15/h10-11,14,18H,3-9,12-13H2,1-2H3,(H,19,23). The number of rotatable bonds is 5. The fourth-order valence-corrected chi connectivity index (χ4v) is 3.77. The summed E-state index contributed by atoms with van der Waals surface area (Å²) in [5.41, 5.74) is 1.09. The van der Waals surface area contributed by atoms with Gasteiger partial charge in [-0.3, -0.25) is 9.48 Å². The highest BCUT2D eigenvalue weighted by Gasteiger charge is 2.32. The fraction of sp³-hybridized carbons (Fsp3) is 0.765. The Labute approximate surface area is 138 Å². The van der Waals surface area contributed by atoms with Gasteiger partial charge in [-0.15, -0.1) is 0 Å². The van der Waals surface area contributed by atoms with Crippen molar-refractivity contribution in [3.63, 3.8) is 0 Å². The number of nitrogens with one attached hydrogen (secondary N) is 2. The predicted molar refractivity (Wildman–Crippen MR) is 90.3 cm³/mol. The molecular weight excluding hydrogens is 290 g/mol. The first kappa shape index (κ1) is 16.5. The molecule has 0 aliphatic carbocycles. The van der Waals surface area contributed by atoms with Gasteiger partial charge in [-0.05, 0) is 50.2 Å². The summed E-state index contributed by atoms with van der Waals surface area (Å²) >= 11 is 0. The molecule has 1 unspecified atom stereocenters. The van der Waals surface area contributed by atoms with Gasteiger partial charge in [-0.25, -0.2) is 0 Å². The van der Waals surface area contributed by atoms with Gasteiger partial charge in [0.2, 0.25) is 0 Å². The van der Waals surface area contributed by atoms with Gasteiger partial charge in [0.25, 0.3) is 5.91 Å². The summed E-state index contributed by atoms with van der Waals surface area (Å²) in [6.07, 6.45) is 7.02. The van der Waals surface area contributed by atoms with Crippen molar-refractivity contribution in [1.82, 2.24) is 25.3 Å². The van der Waals surface area contributed by atoms with Gasteiger partial charge in [0, 0.05) is 32.9 Å². The second-order valence-electron chi connectivity index (χ2n) is 7.57. The molecule has 23 heavy (non-hydrogen) atoms. The lowest BCUT2D eigenvalue weighted by molar-refractivity contribution is 0.0925. The zero-order valence-corrected chi connectivity index (χ0v) is 14.3. The Morgan fingerprint density at radius 1 is 1.48 bits per heavy atom. The molecule has 2 aliphatic rings. The van der Waals surface area contributed by atoms with E-state index in [0.29, 0.717) is 16.9 Å². The summed E-state index contributed by atoms with van der Waals surface area (Å²) in [4.78, 5) is 14.7. The van der Waals surface area contributed by atoms with Crippen molar-refractivity contribution in [3.8, 4) is 0 Å². The normalized spacial score (nSPS) is 26.5. The zero-order valence-electron chi connectivity index (χ0n) is 14.3. The van der Waals surface area contributed by atoms with Gasteiger partial charge in [-0.2, -0.15) is 5.10 Å². The minimum Gasteiger partial charge on any atom is -0.352 e. The van der Waals surface area contributed by atoms with Crippen LogP contribution in [0.1, 0.15) is 36.5 Å². The quantitative estimate of drug-likeness (QED) is 0.845. The van der Waals surface area contributed by atoms with Crippen LogP contribution >= 0.6 is 0 Å². The van der Waals surface area contributed by atoms with Gasteiger partial charge in [-0.1, -0.05) is 6.92 Å². The van der Waals surface area contributed by atoms with Crippen LogP contribution in [0, 0.1) is 11.3 Å². The first-order chi connectivity index (χ1) is 11.0. The van der Waals surface area contributed by atoms with Gasteiger partial charge in [0.15, 0.2) is 0 Å². The van der Waals surface area contributed by atoms with Crippen LogP contribution in [0.4, 0.5) is 0 Å². The first-order valence-corrected chi connectivity index (χ1v) is 8.74. The third-order valence-corrected chi connectivity index (χ3v) is 5.29. The van der Waals surface area contributed by atoms with Crippen molar-refractivity contribution in [2.75, 3.05) is 39.3 Å². The van der Waals surface area contributed by atoms with Crippen LogP contribution in [0.5, 0.6) is 0 Å². The monoisotopic (exact) mass is 319 g/mol. The van der Waals surface area contributed by atoms with Crippen molar-refractivity contribution in [2.45, 2.75) is 26.2 Å². The molecule has 2 saturated heterocycles. The van der Waals surface area contributed by atoms with Crippen molar-refractivity contribution in [3.05, 3.63) is 18.0 Å². The van der Waals surface area contributed by atoms with Gasteiger partial charge >= 0.3 is 0 Å². The van der Waals surface area contributed by atoms with Crippen LogP contribution in [0.2, 0.25) is 0 Å². The second kappa shape index (κ2) is 7.01. The van der Waals surface area contributed by atoms with E-state index in [2.05, 4.69) is 27.6 Å². The number of hydrogen-bond acceptors (Lipinski definition) is 4. The lowest BCUT2D eigenvalue weighted by Gasteiger charge is -2.37. The van der Waals surface area contributed by atoms with E-state index in [1.807, 2.05) is 7.05 Å². The third-order valence-electron chi connectivity index (χ3n) is 5.29. The molecule has 0 bridgehead atoms. The molecule has 0 aromatic carbocycles. The SMILES string of the molecule is Cn1cc(C(=O)NCC2CCN(CC3(C)CCNC3)CC2)cn1. The molecule has 0 spiro atoms. The molecule has 3 heterocycles. The van der Waals surface area contributed by atoms with Crippen LogP contribution < -0.4 is 10.6 Å². The maximum Gasteiger partial charge on any atom is 0.254 e. The smallest absolute Gasteiger partial charge is 0.254 e. The molecule has 1 amide bonds. The Bertz CT molecular complexity index is 527. The maximum atomic E-state index is 12.1. The topological polar surface area (TPSA) is 62.2 Å². The summed E-state index contributed by atoms with van der Waals surface area (Å²) < 4.78 is 1.66. The minimum atomic E-state index is -0.00919. The number of likely N-dealkylation sites (tertiary alicyclic amines) is 1. The number of aryl methyl sites for hydroxylation is 1. The second-order valence-corrected chi connectivity index (χ2v) is 7.57. The first-order valence-electron chi connectivity index (χ1n) is 8.74. The minimum absolute atomic E-state index is 0.00919. The Hall–Kier alpha value is -1.40. The van der Waals surface area contributed by atoms with E-state index in [1.54, 1.807) is 17.1 Å². The van der Waals surface area contributed by atoms with Crippen LogP contribution in [-0.4, -0.2) is 59.9 Å². The van der Waals surface area contributed by atoms with Crippen LogP contribution in [0.3, 0.4) is 0 Å². The number of nitrogens with zero attached hydrogens (tertiary/aromatic N) is 3. The zero-order chi connectivity index (χ0) is 16.3. The lowest BCUT2D eigenvalue weighted by atomic mass is 9.87. The highest BCUT2D eigenvalue weighted by atomic mass is 16.1. The number of carbonyl (C=O) groups excluding carboxylic acids is 1. The highest BCUT2D eigenvalue weighted by molar-refractivity contribution is 5.93. The summed E-state index contributed by atoms with van der Waals surface area (Å²) in [5, 5.41) is 10.6. The van der Waals surface area contributed by atoms with E-state index in [0.717, 1.165) is 32.7 Å². The molecule has 0 saturated carbocycles. The van der Waals surface area contributed by atoms with Crippen LogP contribution in [0.25, 0.3) is 0 Å². The average molecular weight is 319 g/mol. The van der Waals surface area contributed by atoms with Crippen molar-refractivity contribution < 1.29 is 4.79 Å². The molecule has 6 nitrogen and oxygen atoms in total. The van der Waals surface area contributed by atoms with E-state index in [-0.39, 0.29) is 5.91 Å². The molecule has 2 N–H and O–H groups in total. The molecule has 1 aromatic heterocycles. The van der Waals surface area contributed by atoms with Gasteiger partial charge < -0.3 is 15.5 Å². The van der Waals surface area contributed by atoms with Crippen molar-refractivity contribution in [1.29, 1.82) is 0 Å². The van der Waals surface area contributed by atoms with Gasteiger partial charge in [0.05, 0.1) is 11.8 Å². The summed E-state index contributed by atoms with van der Waals surface area (Å²) in [6.45, 7) is 9.00. The van der Waals surface area contributed by atoms with Crippen molar-refractivity contribution in [2.24, 2.45) is 18.4 Å². The van der Waals surface area contributed by atoms with Crippen molar-refractivity contribution >= 4 is 5.91 Å². The Morgan fingerprint density at radius 2 is 2.26 bits per heavy atom. The maximum absolute atomic E-state index is 12.1. The molecule has 2 aliphatic heterocycles. The van der Waals surface area contributed by atoms with E-state index >= 15 is 0 Å². The molecule has 1 aromatic rings. The summed E-state index contributed by atoms with van der Waals surface area (Å²) in [7, 11) is 1.83. The van der Waals surface area contributed by atoms with E-state index in [1.165, 1.54) is 25.8 Å². The third kappa shape index (κ3) is 4.32. The number of carbonyl (C=O) groups is 1. The van der Waals surface area contributed by atoms with Gasteiger partial charge in [0.1, 0.15) is 0 Å². The Morgan fingerprint density at radius 3 is 2.87 bits per heavy atom. The molecule has 3 rings (SSSR count). The number of aromatic nitrogens is 2. The number of hydrogen-bond donors (Lipinski definition) is 2. The molecule has 6 heteroatoms. The fourth-order valence-electron chi connectivity index (χ4n) is 3.77. The van der Waals surface area contributed by atoms with Crippen LogP contribution in [-0.2, 0) is 7.05 Å². The lowest BCUT2D eigenvalue weighted by Crippen LogP contribution is -2.43. The summed E-state index contributed by atoms with van der Waals surface area (Å²) in [5.74, 6) is 0.589. The molecular formula is C17H29N5O. The molecule has 128 valence electrons. The highest BCUT2D eigenvalue weighted by Crippen LogP contribution is 2.28. The van der Waals surface area contributed by atoms with Crippen LogP contribution in [0.15, 0.2) is 12.4 Å². The Kier molecular flexibility index (Phi) is 5.02. The van der Waals surface area contributed by atoms with E-state index < -0.39 is 0 Å².